The highest BCUT2D eigenvalue weighted by atomic mass is 16.5. The lowest BCUT2D eigenvalue weighted by Crippen LogP contribution is -2.21. The van der Waals surface area contributed by atoms with Gasteiger partial charge in [0.25, 0.3) is 0 Å². The van der Waals surface area contributed by atoms with E-state index in [1.807, 2.05) is 30.3 Å². The second-order valence-corrected chi connectivity index (χ2v) is 4.77. The lowest BCUT2D eigenvalue weighted by Gasteiger charge is -2.16. The van der Waals surface area contributed by atoms with Gasteiger partial charge in [0, 0.05) is 4.91 Å². The van der Waals surface area contributed by atoms with E-state index in [1.165, 1.54) is 0 Å². The fourth-order valence-corrected chi connectivity index (χ4v) is 1.94. The van der Waals surface area contributed by atoms with Crippen LogP contribution in [0.25, 0.3) is 10.4 Å². The largest absolute Gasteiger partial charge is 0.489 e. The van der Waals surface area contributed by atoms with Crippen LogP contribution in [0.15, 0.2) is 59.7 Å². The summed E-state index contributed by atoms with van der Waals surface area (Å²) in [5.41, 5.74) is 9.81. The molecular formula is C16H17N3O3. The van der Waals surface area contributed by atoms with Gasteiger partial charge in [-0.05, 0) is 28.8 Å². The molecule has 2 unspecified atom stereocenters. The Labute approximate surface area is 128 Å². The molecule has 0 saturated heterocycles. The van der Waals surface area contributed by atoms with Crippen LogP contribution in [0.5, 0.6) is 5.75 Å². The molecule has 2 aromatic carbocycles. The zero-order valence-electron chi connectivity index (χ0n) is 11.9. The molecule has 0 spiro atoms. The first kappa shape index (κ1) is 15.9. The third-order valence-electron chi connectivity index (χ3n) is 3.17. The summed E-state index contributed by atoms with van der Waals surface area (Å²) in [5, 5.41) is 22.9. The van der Waals surface area contributed by atoms with Crippen molar-refractivity contribution in [1.82, 2.24) is 0 Å². The first-order valence-corrected chi connectivity index (χ1v) is 6.84. The average molecular weight is 299 g/mol. The van der Waals surface area contributed by atoms with E-state index in [0.29, 0.717) is 17.9 Å². The summed E-state index contributed by atoms with van der Waals surface area (Å²) in [7, 11) is 0. The highest BCUT2D eigenvalue weighted by Crippen LogP contribution is 2.21. The van der Waals surface area contributed by atoms with Crippen molar-refractivity contribution in [3.05, 3.63) is 76.2 Å². The molecule has 2 atom stereocenters. The van der Waals surface area contributed by atoms with Crippen LogP contribution in [-0.4, -0.2) is 22.9 Å². The van der Waals surface area contributed by atoms with E-state index in [1.54, 1.807) is 24.3 Å². The zero-order valence-corrected chi connectivity index (χ0v) is 11.9. The van der Waals surface area contributed by atoms with E-state index in [-0.39, 0.29) is 6.54 Å². The Bertz CT molecular complexity index is 625. The second-order valence-electron chi connectivity index (χ2n) is 4.77. The highest BCUT2D eigenvalue weighted by molar-refractivity contribution is 5.29. The molecule has 2 N–H and O–H groups in total. The van der Waals surface area contributed by atoms with Gasteiger partial charge in [-0.2, -0.15) is 0 Å². The Morgan fingerprint density at radius 2 is 1.73 bits per heavy atom. The van der Waals surface area contributed by atoms with Crippen molar-refractivity contribution in [2.45, 2.75) is 18.8 Å². The van der Waals surface area contributed by atoms with Gasteiger partial charge < -0.3 is 14.9 Å². The van der Waals surface area contributed by atoms with Crippen molar-refractivity contribution >= 4 is 0 Å². The molecule has 22 heavy (non-hydrogen) atoms. The fourth-order valence-electron chi connectivity index (χ4n) is 1.94. The Hall–Kier alpha value is -2.53. The summed E-state index contributed by atoms with van der Waals surface area (Å²) in [4.78, 5) is 2.55. The number of hydrogen-bond donors (Lipinski definition) is 2. The standard InChI is InChI=1S/C16H17N3O3/c17-19-18-10-15(20)16(21)13-6-8-14(9-7-13)22-11-12-4-2-1-3-5-12/h1-9,15-16,20-21H,10-11H2. The number of azide groups is 1. The van der Waals surface area contributed by atoms with Crippen LogP contribution >= 0.6 is 0 Å². The van der Waals surface area contributed by atoms with Gasteiger partial charge in [-0.1, -0.05) is 47.6 Å². The van der Waals surface area contributed by atoms with Crippen LogP contribution in [0.1, 0.15) is 17.2 Å². The molecule has 6 nitrogen and oxygen atoms in total. The smallest absolute Gasteiger partial charge is 0.119 e. The SMILES string of the molecule is [N-]=[N+]=NCC(O)C(O)c1ccc(OCc2ccccc2)cc1. The van der Waals surface area contributed by atoms with Crippen molar-refractivity contribution in [1.29, 1.82) is 0 Å². The topological polar surface area (TPSA) is 98.5 Å². The molecule has 0 aliphatic carbocycles. The minimum absolute atomic E-state index is 0.177. The molecule has 0 radical (unpaired) electrons. The van der Waals surface area contributed by atoms with Gasteiger partial charge in [-0.3, -0.25) is 0 Å². The van der Waals surface area contributed by atoms with Crippen molar-refractivity contribution in [3.8, 4) is 5.75 Å². The number of hydrogen-bond acceptors (Lipinski definition) is 4. The predicted octanol–water partition coefficient (Wildman–Crippen LogP) is 2.97. The summed E-state index contributed by atoms with van der Waals surface area (Å²) in [6.07, 6.45) is -2.24. The van der Waals surface area contributed by atoms with E-state index in [9.17, 15) is 10.2 Å². The molecule has 0 bridgehead atoms. The van der Waals surface area contributed by atoms with E-state index in [2.05, 4.69) is 10.0 Å². The van der Waals surface area contributed by atoms with E-state index in [4.69, 9.17) is 10.3 Å². The molecule has 6 heteroatoms. The third kappa shape index (κ3) is 4.49. The van der Waals surface area contributed by atoms with Gasteiger partial charge in [-0.15, -0.1) is 0 Å². The van der Waals surface area contributed by atoms with Crippen molar-refractivity contribution in [3.63, 3.8) is 0 Å². The minimum atomic E-state index is -1.13. The molecule has 0 aromatic heterocycles. The van der Waals surface area contributed by atoms with E-state index in [0.717, 1.165) is 5.56 Å². The number of nitrogens with zero attached hydrogens (tertiary/aromatic N) is 3. The van der Waals surface area contributed by atoms with Crippen molar-refractivity contribution in [2.24, 2.45) is 5.11 Å². The normalized spacial score (nSPS) is 13.0. The number of aliphatic hydroxyl groups excluding tert-OH is 2. The van der Waals surface area contributed by atoms with Crippen LogP contribution in [-0.2, 0) is 6.61 Å². The summed E-state index contributed by atoms with van der Waals surface area (Å²) < 4.78 is 5.64. The molecule has 2 aromatic rings. The molecule has 114 valence electrons. The van der Waals surface area contributed by atoms with Gasteiger partial charge in [0.1, 0.15) is 18.5 Å². The first-order valence-electron chi connectivity index (χ1n) is 6.84. The minimum Gasteiger partial charge on any atom is -0.489 e. The second kappa shape index (κ2) is 8.05. The van der Waals surface area contributed by atoms with E-state index >= 15 is 0 Å². The Morgan fingerprint density at radius 3 is 2.36 bits per heavy atom. The van der Waals surface area contributed by atoms with Gasteiger partial charge in [0.2, 0.25) is 0 Å². The van der Waals surface area contributed by atoms with Gasteiger partial charge >= 0.3 is 0 Å². The van der Waals surface area contributed by atoms with Crippen molar-refractivity contribution in [2.75, 3.05) is 6.54 Å². The molecular weight excluding hydrogens is 282 g/mol. The summed E-state index contributed by atoms with van der Waals surface area (Å²) in [5.74, 6) is 0.671. The lowest BCUT2D eigenvalue weighted by atomic mass is 10.0. The number of ether oxygens (including phenoxy) is 1. The maximum atomic E-state index is 9.94. The zero-order chi connectivity index (χ0) is 15.8. The predicted molar refractivity (Wildman–Crippen MR) is 82.2 cm³/mol. The first-order chi connectivity index (χ1) is 10.7. The molecule has 0 amide bonds. The summed E-state index contributed by atoms with van der Waals surface area (Å²) in [6, 6.07) is 16.6. The molecule has 0 saturated carbocycles. The maximum Gasteiger partial charge on any atom is 0.119 e. The fraction of sp³-hybridized carbons (Fsp3) is 0.250. The number of aliphatic hydroxyl groups is 2. The molecule has 0 aliphatic rings. The maximum absolute atomic E-state index is 9.94. The van der Waals surface area contributed by atoms with Crippen molar-refractivity contribution < 1.29 is 14.9 Å². The Kier molecular flexibility index (Phi) is 5.80. The number of rotatable bonds is 7. The van der Waals surface area contributed by atoms with Crippen LogP contribution in [0.4, 0.5) is 0 Å². The van der Waals surface area contributed by atoms with Crippen LogP contribution in [0.2, 0.25) is 0 Å². The van der Waals surface area contributed by atoms with Crippen LogP contribution in [0, 0.1) is 0 Å². The summed E-state index contributed by atoms with van der Waals surface area (Å²) >= 11 is 0. The third-order valence-corrected chi connectivity index (χ3v) is 3.17. The Balaban J connectivity index is 1.93. The van der Waals surface area contributed by atoms with E-state index < -0.39 is 12.2 Å². The van der Waals surface area contributed by atoms with Gasteiger partial charge in [0.15, 0.2) is 0 Å². The quantitative estimate of drug-likeness (QED) is 0.467. The molecule has 0 heterocycles. The Morgan fingerprint density at radius 1 is 1.05 bits per heavy atom. The molecule has 0 fully saturated rings. The molecule has 2 rings (SSSR count). The highest BCUT2D eigenvalue weighted by Gasteiger charge is 2.17. The van der Waals surface area contributed by atoms with Crippen LogP contribution in [0.3, 0.4) is 0 Å². The monoisotopic (exact) mass is 299 g/mol. The average Bonchev–Trinajstić information content (AvgIpc) is 2.58. The summed E-state index contributed by atoms with van der Waals surface area (Å²) in [6.45, 7) is 0.284. The molecule has 0 aliphatic heterocycles. The van der Waals surface area contributed by atoms with Gasteiger partial charge in [-0.25, -0.2) is 0 Å². The number of benzene rings is 2. The van der Waals surface area contributed by atoms with Gasteiger partial charge in [0.05, 0.1) is 12.6 Å². The van der Waals surface area contributed by atoms with Crippen LogP contribution < -0.4 is 4.74 Å². The lowest BCUT2D eigenvalue weighted by molar-refractivity contribution is 0.0244.